The second-order valence-electron chi connectivity index (χ2n) is 4.31. The second-order valence-corrected chi connectivity index (χ2v) is 4.31. The van der Waals surface area contributed by atoms with E-state index in [-0.39, 0.29) is 17.1 Å². The quantitative estimate of drug-likeness (QED) is 0.349. The Kier molecular flexibility index (Phi) is 4.04. The summed E-state index contributed by atoms with van der Waals surface area (Å²) in [5.41, 5.74) is 0.518. The molecule has 2 rings (SSSR count). The summed E-state index contributed by atoms with van der Waals surface area (Å²) in [5, 5.41) is 6.15. The Labute approximate surface area is 121 Å². The highest BCUT2D eigenvalue weighted by atomic mass is 19.4. The van der Waals surface area contributed by atoms with Gasteiger partial charge in [-0.05, 0) is 24.3 Å². The van der Waals surface area contributed by atoms with Gasteiger partial charge in [0.2, 0.25) is 5.95 Å². The number of nitrogen functional groups attached to an aromatic ring is 1. The molecular formula is C12H11F4N5O. The number of carbonyl (C=O) groups is 1. The number of anilines is 2. The zero-order valence-electron chi connectivity index (χ0n) is 11.2. The molecule has 1 aromatic carbocycles. The van der Waals surface area contributed by atoms with Gasteiger partial charge in [0.1, 0.15) is 5.69 Å². The van der Waals surface area contributed by atoms with Gasteiger partial charge in [0.05, 0.1) is 5.56 Å². The smallest absolute Gasteiger partial charge is 0.350 e. The van der Waals surface area contributed by atoms with Crippen LogP contribution in [-0.2, 0) is 13.2 Å². The third-order valence-electron chi connectivity index (χ3n) is 2.80. The number of aryl methyl sites for hydroxylation is 1. The van der Waals surface area contributed by atoms with Gasteiger partial charge in [-0.25, -0.2) is 10.5 Å². The lowest BCUT2D eigenvalue weighted by Gasteiger charge is -2.09. The summed E-state index contributed by atoms with van der Waals surface area (Å²) >= 11 is 0. The van der Waals surface area contributed by atoms with Gasteiger partial charge in [0.25, 0.3) is 5.91 Å². The molecule has 0 unspecified atom stereocenters. The van der Waals surface area contributed by atoms with Crippen molar-refractivity contribution >= 4 is 17.3 Å². The van der Waals surface area contributed by atoms with Gasteiger partial charge in [-0.1, -0.05) is 0 Å². The number of amides is 1. The van der Waals surface area contributed by atoms with Gasteiger partial charge < -0.3 is 5.32 Å². The molecule has 0 radical (unpaired) electrons. The SMILES string of the molecule is Cn1nc(C(=O)NN)c(Nc2ccc(C(F)(F)F)cc2)c1F. The summed E-state index contributed by atoms with van der Waals surface area (Å²) in [6.07, 6.45) is -4.47. The summed E-state index contributed by atoms with van der Waals surface area (Å²) in [6, 6.07) is 3.89. The Morgan fingerprint density at radius 1 is 1.27 bits per heavy atom. The fourth-order valence-corrected chi connectivity index (χ4v) is 1.73. The van der Waals surface area contributed by atoms with Crippen molar-refractivity contribution in [2.75, 3.05) is 5.32 Å². The van der Waals surface area contributed by atoms with Crippen molar-refractivity contribution in [1.82, 2.24) is 15.2 Å². The largest absolute Gasteiger partial charge is 0.416 e. The molecule has 0 spiro atoms. The Bertz CT molecular complexity index is 693. The molecule has 22 heavy (non-hydrogen) atoms. The number of hydrogen-bond donors (Lipinski definition) is 3. The van der Waals surface area contributed by atoms with E-state index in [1.165, 1.54) is 7.05 Å². The number of hydrazine groups is 1. The van der Waals surface area contributed by atoms with E-state index in [0.29, 0.717) is 0 Å². The molecular weight excluding hydrogens is 306 g/mol. The zero-order chi connectivity index (χ0) is 16.5. The first-order chi connectivity index (χ1) is 10.2. The molecule has 0 atom stereocenters. The number of hydrogen-bond acceptors (Lipinski definition) is 4. The fourth-order valence-electron chi connectivity index (χ4n) is 1.73. The van der Waals surface area contributed by atoms with Gasteiger partial charge in [0, 0.05) is 12.7 Å². The fraction of sp³-hybridized carbons (Fsp3) is 0.167. The van der Waals surface area contributed by atoms with Crippen molar-refractivity contribution in [1.29, 1.82) is 0 Å². The highest BCUT2D eigenvalue weighted by molar-refractivity contribution is 5.98. The van der Waals surface area contributed by atoms with Gasteiger partial charge in [-0.2, -0.15) is 22.7 Å². The van der Waals surface area contributed by atoms with Crippen molar-refractivity contribution in [3.63, 3.8) is 0 Å². The van der Waals surface area contributed by atoms with Crippen LogP contribution >= 0.6 is 0 Å². The molecule has 6 nitrogen and oxygen atoms in total. The molecule has 118 valence electrons. The third-order valence-corrected chi connectivity index (χ3v) is 2.80. The number of halogens is 4. The van der Waals surface area contributed by atoms with E-state index in [1.54, 1.807) is 5.43 Å². The van der Waals surface area contributed by atoms with Crippen LogP contribution in [0.3, 0.4) is 0 Å². The van der Waals surface area contributed by atoms with Crippen molar-refractivity contribution in [3.05, 3.63) is 41.5 Å². The van der Waals surface area contributed by atoms with E-state index in [0.717, 1.165) is 28.9 Å². The third kappa shape index (κ3) is 3.01. The van der Waals surface area contributed by atoms with E-state index < -0.39 is 23.6 Å². The molecule has 1 aromatic heterocycles. The lowest BCUT2D eigenvalue weighted by Crippen LogP contribution is -2.30. The number of nitrogens with one attached hydrogen (secondary N) is 2. The van der Waals surface area contributed by atoms with Crippen LogP contribution in [0.4, 0.5) is 28.9 Å². The Morgan fingerprint density at radius 3 is 2.36 bits per heavy atom. The average Bonchev–Trinajstić information content (AvgIpc) is 2.74. The van der Waals surface area contributed by atoms with Crippen LogP contribution in [0.25, 0.3) is 0 Å². The van der Waals surface area contributed by atoms with Crippen LogP contribution in [-0.4, -0.2) is 15.7 Å². The normalized spacial score (nSPS) is 11.4. The highest BCUT2D eigenvalue weighted by Crippen LogP contribution is 2.31. The molecule has 0 aliphatic heterocycles. The first-order valence-electron chi connectivity index (χ1n) is 5.91. The maximum atomic E-state index is 13.9. The number of aromatic nitrogens is 2. The average molecular weight is 317 g/mol. The van der Waals surface area contributed by atoms with E-state index in [1.807, 2.05) is 0 Å². The number of nitrogens with zero attached hydrogens (tertiary/aromatic N) is 2. The number of rotatable bonds is 3. The lowest BCUT2D eigenvalue weighted by atomic mass is 10.2. The van der Waals surface area contributed by atoms with E-state index >= 15 is 0 Å². The van der Waals surface area contributed by atoms with Crippen molar-refractivity contribution in [2.45, 2.75) is 6.18 Å². The first kappa shape index (κ1) is 15.8. The maximum absolute atomic E-state index is 13.9. The van der Waals surface area contributed by atoms with Crippen LogP contribution in [0, 0.1) is 5.95 Å². The van der Waals surface area contributed by atoms with Gasteiger partial charge in [0.15, 0.2) is 5.69 Å². The van der Waals surface area contributed by atoms with Gasteiger partial charge >= 0.3 is 6.18 Å². The molecule has 0 bridgehead atoms. The van der Waals surface area contributed by atoms with Crippen molar-refractivity contribution in [3.8, 4) is 0 Å². The molecule has 0 saturated carbocycles. The number of nitrogens with two attached hydrogens (primary N) is 1. The molecule has 2 aromatic rings. The standard InChI is InChI=1S/C12H11F4N5O/c1-21-10(13)8(9(20-21)11(22)19-17)18-7-4-2-6(3-5-7)12(14,15)16/h2-5,18H,17H2,1H3,(H,19,22). The summed E-state index contributed by atoms with van der Waals surface area (Å²) in [5.74, 6) is 3.27. The molecule has 0 aliphatic rings. The molecule has 0 saturated heterocycles. The van der Waals surface area contributed by atoms with E-state index in [9.17, 15) is 22.4 Å². The molecule has 0 fully saturated rings. The number of benzene rings is 1. The van der Waals surface area contributed by atoms with Crippen LogP contribution in [0.5, 0.6) is 0 Å². The van der Waals surface area contributed by atoms with Crippen LogP contribution in [0.1, 0.15) is 16.1 Å². The maximum Gasteiger partial charge on any atom is 0.416 e. The molecule has 1 amide bonds. The number of alkyl halides is 3. The molecule has 10 heteroatoms. The first-order valence-corrected chi connectivity index (χ1v) is 5.91. The monoisotopic (exact) mass is 317 g/mol. The lowest BCUT2D eigenvalue weighted by molar-refractivity contribution is -0.137. The summed E-state index contributed by atoms with van der Waals surface area (Å²) in [6.45, 7) is 0. The van der Waals surface area contributed by atoms with Crippen LogP contribution < -0.4 is 16.6 Å². The minimum Gasteiger partial charge on any atom is -0.350 e. The molecule has 4 N–H and O–H groups in total. The number of carbonyl (C=O) groups excluding carboxylic acids is 1. The summed E-state index contributed by atoms with van der Waals surface area (Å²) < 4.78 is 52.1. The Morgan fingerprint density at radius 2 is 1.86 bits per heavy atom. The van der Waals surface area contributed by atoms with E-state index in [4.69, 9.17) is 5.84 Å². The molecule has 0 aliphatic carbocycles. The van der Waals surface area contributed by atoms with Gasteiger partial charge in [-0.3, -0.25) is 10.2 Å². The van der Waals surface area contributed by atoms with E-state index in [2.05, 4.69) is 10.4 Å². The Hall–Kier alpha value is -2.62. The van der Waals surface area contributed by atoms with Crippen LogP contribution in [0.2, 0.25) is 0 Å². The van der Waals surface area contributed by atoms with Crippen molar-refractivity contribution in [2.24, 2.45) is 12.9 Å². The van der Waals surface area contributed by atoms with Crippen LogP contribution in [0.15, 0.2) is 24.3 Å². The minimum absolute atomic E-state index is 0.158. The highest BCUT2D eigenvalue weighted by Gasteiger charge is 2.30. The van der Waals surface area contributed by atoms with Crippen molar-refractivity contribution < 1.29 is 22.4 Å². The predicted octanol–water partition coefficient (Wildman–Crippen LogP) is 1.93. The second kappa shape index (κ2) is 5.64. The minimum atomic E-state index is -4.47. The summed E-state index contributed by atoms with van der Waals surface area (Å²) in [7, 11) is 1.26. The van der Waals surface area contributed by atoms with Gasteiger partial charge in [-0.15, -0.1) is 0 Å². The topological polar surface area (TPSA) is 85.0 Å². The Balaban J connectivity index is 2.33. The predicted molar refractivity (Wildman–Crippen MR) is 69.5 cm³/mol. The zero-order valence-corrected chi connectivity index (χ0v) is 11.2. The molecule has 1 heterocycles. The summed E-state index contributed by atoms with van der Waals surface area (Å²) in [4.78, 5) is 11.5.